The number of rotatable bonds is 7. The van der Waals surface area contributed by atoms with Crippen molar-refractivity contribution in [1.29, 1.82) is 0 Å². The third-order valence-electron chi connectivity index (χ3n) is 9.47. The number of anilines is 3. The zero-order valence-electron chi connectivity index (χ0n) is 27.4. The lowest BCUT2D eigenvalue weighted by Gasteiger charge is -2.27. The predicted molar refractivity (Wildman–Crippen MR) is 210 cm³/mol. The molecule has 0 spiro atoms. The van der Waals surface area contributed by atoms with Crippen LogP contribution >= 0.6 is 0 Å². The first-order valence-electron chi connectivity index (χ1n) is 17.0. The molecule has 9 rings (SSSR count). The molecule has 50 heavy (non-hydrogen) atoms. The fourth-order valence-electron chi connectivity index (χ4n) is 7.07. The van der Waals surface area contributed by atoms with E-state index in [1.807, 2.05) is 18.3 Å². The maximum atomic E-state index is 4.56. The Labute approximate surface area is 292 Å². The number of hydrogen-bond acceptors (Lipinski definition) is 2. The summed E-state index contributed by atoms with van der Waals surface area (Å²) in [5.41, 5.74) is 13.6. The SMILES string of the molecule is c1ccc(-c2ccc(N(c3ccc(-c4ccccc4)cc3)c3cccc4c3c3ccccc3n4-c3ccc(-c4ccccn4)cc3)cc2)cc1. The monoisotopic (exact) mass is 639 g/mol. The van der Waals surface area contributed by atoms with Gasteiger partial charge < -0.3 is 9.47 Å². The molecule has 0 aliphatic heterocycles. The van der Waals surface area contributed by atoms with Crippen molar-refractivity contribution in [3.8, 4) is 39.2 Å². The second-order valence-corrected chi connectivity index (χ2v) is 12.4. The summed E-state index contributed by atoms with van der Waals surface area (Å²) in [5, 5.41) is 2.41. The Balaban J connectivity index is 1.22. The van der Waals surface area contributed by atoms with Gasteiger partial charge in [0.05, 0.1) is 22.4 Å². The van der Waals surface area contributed by atoms with E-state index in [4.69, 9.17) is 0 Å². The van der Waals surface area contributed by atoms with Gasteiger partial charge in [0, 0.05) is 39.6 Å². The molecule has 0 saturated carbocycles. The van der Waals surface area contributed by atoms with Gasteiger partial charge in [-0.05, 0) is 89.0 Å². The number of fused-ring (bicyclic) bond motifs is 3. The normalized spacial score (nSPS) is 11.2. The molecule has 0 bridgehead atoms. The number of benzene rings is 7. The lowest BCUT2D eigenvalue weighted by molar-refractivity contribution is 1.18. The molecule has 0 N–H and O–H groups in total. The zero-order chi connectivity index (χ0) is 33.3. The molecule has 3 heteroatoms. The quantitative estimate of drug-likeness (QED) is 0.173. The Morgan fingerprint density at radius 3 is 1.50 bits per heavy atom. The van der Waals surface area contributed by atoms with Gasteiger partial charge in [-0.25, -0.2) is 0 Å². The van der Waals surface area contributed by atoms with Crippen LogP contribution in [-0.2, 0) is 0 Å². The van der Waals surface area contributed by atoms with Crippen LogP contribution in [0.2, 0.25) is 0 Å². The third kappa shape index (κ3) is 5.32. The van der Waals surface area contributed by atoms with E-state index >= 15 is 0 Å². The Morgan fingerprint density at radius 2 is 0.900 bits per heavy atom. The van der Waals surface area contributed by atoms with Gasteiger partial charge in [-0.3, -0.25) is 4.98 Å². The van der Waals surface area contributed by atoms with Crippen molar-refractivity contribution in [2.24, 2.45) is 0 Å². The first-order valence-corrected chi connectivity index (χ1v) is 17.0. The van der Waals surface area contributed by atoms with Gasteiger partial charge in [0.15, 0.2) is 0 Å². The van der Waals surface area contributed by atoms with Gasteiger partial charge in [0.1, 0.15) is 0 Å². The summed E-state index contributed by atoms with van der Waals surface area (Å²) in [4.78, 5) is 6.96. The number of nitrogens with zero attached hydrogens (tertiary/aromatic N) is 3. The van der Waals surface area contributed by atoms with E-state index < -0.39 is 0 Å². The maximum Gasteiger partial charge on any atom is 0.0701 e. The molecule has 0 fully saturated rings. The number of para-hydroxylation sites is 1. The molecule has 236 valence electrons. The van der Waals surface area contributed by atoms with E-state index in [1.54, 1.807) is 0 Å². The van der Waals surface area contributed by atoms with Crippen molar-refractivity contribution in [2.75, 3.05) is 4.90 Å². The molecule has 0 aliphatic carbocycles. The summed E-state index contributed by atoms with van der Waals surface area (Å²) in [7, 11) is 0. The van der Waals surface area contributed by atoms with Crippen molar-refractivity contribution in [2.45, 2.75) is 0 Å². The van der Waals surface area contributed by atoms with Crippen LogP contribution in [0.15, 0.2) is 200 Å². The molecule has 0 radical (unpaired) electrons. The maximum absolute atomic E-state index is 4.56. The highest BCUT2D eigenvalue weighted by molar-refractivity contribution is 6.16. The molecule has 0 aliphatic rings. The van der Waals surface area contributed by atoms with Gasteiger partial charge in [0.25, 0.3) is 0 Å². The fourth-order valence-corrected chi connectivity index (χ4v) is 7.07. The van der Waals surface area contributed by atoms with Crippen LogP contribution in [-0.4, -0.2) is 9.55 Å². The minimum absolute atomic E-state index is 0.968. The molecular weight excluding hydrogens is 607 g/mol. The van der Waals surface area contributed by atoms with Crippen LogP contribution in [0.25, 0.3) is 61.0 Å². The standard InChI is InChI=1S/C47H33N3/c1-3-12-34(13-4-1)36-21-27-39(28-22-36)49(40-29-23-37(24-30-40)35-14-5-2-6-15-35)45-19-11-20-46-47(45)42-16-7-8-18-44(42)50(46)41-31-25-38(26-32-41)43-17-9-10-33-48-43/h1-33H. The molecule has 2 heterocycles. The van der Waals surface area contributed by atoms with E-state index in [-0.39, 0.29) is 0 Å². The van der Waals surface area contributed by atoms with E-state index in [2.05, 4.69) is 196 Å². The van der Waals surface area contributed by atoms with Gasteiger partial charge in [0.2, 0.25) is 0 Å². The predicted octanol–water partition coefficient (Wildman–Crippen LogP) is 12.6. The van der Waals surface area contributed by atoms with E-state index in [0.29, 0.717) is 0 Å². The summed E-state index contributed by atoms with van der Waals surface area (Å²) in [6.45, 7) is 0. The fraction of sp³-hybridized carbons (Fsp3) is 0. The van der Waals surface area contributed by atoms with Gasteiger partial charge in [-0.1, -0.05) is 127 Å². The van der Waals surface area contributed by atoms with E-state index in [0.717, 1.165) is 39.5 Å². The second-order valence-electron chi connectivity index (χ2n) is 12.4. The first kappa shape index (κ1) is 29.4. The Bertz CT molecular complexity index is 2450. The van der Waals surface area contributed by atoms with E-state index in [1.165, 1.54) is 38.5 Å². The Kier molecular flexibility index (Phi) is 7.49. The van der Waals surface area contributed by atoms with Crippen molar-refractivity contribution >= 4 is 38.9 Å². The first-order chi connectivity index (χ1) is 24.8. The molecule has 0 atom stereocenters. The summed E-state index contributed by atoms with van der Waals surface area (Å²) >= 11 is 0. The second kappa shape index (κ2) is 12.7. The van der Waals surface area contributed by atoms with Gasteiger partial charge in [-0.2, -0.15) is 0 Å². The topological polar surface area (TPSA) is 21.1 Å². The van der Waals surface area contributed by atoms with Crippen LogP contribution in [0.4, 0.5) is 17.1 Å². The zero-order valence-corrected chi connectivity index (χ0v) is 27.4. The van der Waals surface area contributed by atoms with Crippen LogP contribution in [0, 0.1) is 0 Å². The highest BCUT2D eigenvalue weighted by atomic mass is 15.1. The van der Waals surface area contributed by atoms with Crippen LogP contribution in [0.3, 0.4) is 0 Å². The smallest absolute Gasteiger partial charge is 0.0701 e. The molecule has 0 unspecified atom stereocenters. The number of pyridine rings is 1. The average molecular weight is 640 g/mol. The van der Waals surface area contributed by atoms with Gasteiger partial charge in [-0.15, -0.1) is 0 Å². The lowest BCUT2D eigenvalue weighted by atomic mass is 10.0. The van der Waals surface area contributed by atoms with E-state index in [9.17, 15) is 0 Å². The summed E-state index contributed by atoms with van der Waals surface area (Å²) in [6.07, 6.45) is 1.84. The Morgan fingerprint density at radius 1 is 0.380 bits per heavy atom. The van der Waals surface area contributed by atoms with Crippen LogP contribution < -0.4 is 4.90 Å². The molecule has 2 aromatic heterocycles. The summed E-state index contributed by atoms with van der Waals surface area (Å²) in [5.74, 6) is 0. The minimum Gasteiger partial charge on any atom is -0.310 e. The van der Waals surface area contributed by atoms with Gasteiger partial charge >= 0.3 is 0 Å². The average Bonchev–Trinajstić information content (AvgIpc) is 3.55. The molecule has 3 nitrogen and oxygen atoms in total. The van der Waals surface area contributed by atoms with Crippen LogP contribution in [0.1, 0.15) is 0 Å². The third-order valence-corrected chi connectivity index (χ3v) is 9.47. The van der Waals surface area contributed by atoms with Crippen molar-refractivity contribution in [3.05, 3.63) is 200 Å². The Hall–Kier alpha value is -6.71. The lowest BCUT2D eigenvalue weighted by Crippen LogP contribution is -2.10. The number of hydrogen-bond donors (Lipinski definition) is 0. The van der Waals surface area contributed by atoms with Crippen LogP contribution in [0.5, 0.6) is 0 Å². The molecule has 7 aromatic carbocycles. The molecule has 9 aromatic rings. The largest absolute Gasteiger partial charge is 0.310 e. The minimum atomic E-state index is 0.968. The van der Waals surface area contributed by atoms with Crippen molar-refractivity contribution in [3.63, 3.8) is 0 Å². The van der Waals surface area contributed by atoms with Crippen molar-refractivity contribution in [1.82, 2.24) is 9.55 Å². The molecule has 0 amide bonds. The molecule has 0 saturated heterocycles. The highest BCUT2D eigenvalue weighted by Gasteiger charge is 2.21. The molecular formula is C47H33N3. The summed E-state index contributed by atoms with van der Waals surface area (Å²) < 4.78 is 2.38. The number of aromatic nitrogens is 2. The van der Waals surface area contributed by atoms with Crippen molar-refractivity contribution < 1.29 is 0 Å². The highest BCUT2D eigenvalue weighted by Crippen LogP contribution is 2.44. The summed E-state index contributed by atoms with van der Waals surface area (Å²) in [6, 6.07) is 69.1.